The Bertz CT molecular complexity index is 1290. The quantitative estimate of drug-likeness (QED) is 0.319. The fraction of sp³-hybridized carbons (Fsp3) is 0.103. The third-order valence-corrected chi connectivity index (χ3v) is 6.21. The molecular weight excluding hydrogens is 384 g/mol. The molecular formula is C29H23Cl. The van der Waals surface area contributed by atoms with Gasteiger partial charge in [0.05, 0.1) is 0 Å². The molecule has 0 aliphatic heterocycles. The second-order valence-electron chi connectivity index (χ2n) is 7.74. The number of hydrogen-bond acceptors (Lipinski definition) is 0. The van der Waals surface area contributed by atoms with Crippen molar-refractivity contribution in [3.05, 3.63) is 118 Å². The first-order valence-corrected chi connectivity index (χ1v) is 10.9. The van der Waals surface area contributed by atoms with Crippen LogP contribution < -0.4 is 0 Å². The molecule has 0 spiro atoms. The summed E-state index contributed by atoms with van der Waals surface area (Å²) < 4.78 is 0. The van der Waals surface area contributed by atoms with Crippen LogP contribution in [0, 0.1) is 0 Å². The van der Waals surface area contributed by atoms with Gasteiger partial charge in [-0.2, -0.15) is 0 Å². The molecule has 0 unspecified atom stereocenters. The SMILES string of the molecule is C/C=C(\c1ccccc1)c1cc(Cl)ccc1-c1cc2c(c3ccccc13)C=CCC2. The van der Waals surface area contributed by atoms with Crippen LogP contribution in [0.4, 0.5) is 0 Å². The minimum atomic E-state index is 0.759. The smallest absolute Gasteiger partial charge is 0.0412 e. The topological polar surface area (TPSA) is 0 Å². The molecule has 0 fully saturated rings. The van der Waals surface area contributed by atoms with Crippen molar-refractivity contribution in [3.8, 4) is 11.1 Å². The second-order valence-corrected chi connectivity index (χ2v) is 8.18. The van der Waals surface area contributed by atoms with Gasteiger partial charge in [0.1, 0.15) is 0 Å². The van der Waals surface area contributed by atoms with Gasteiger partial charge in [-0.15, -0.1) is 0 Å². The average Bonchev–Trinajstić information content (AvgIpc) is 2.80. The van der Waals surface area contributed by atoms with Gasteiger partial charge in [0.25, 0.3) is 0 Å². The Hall–Kier alpha value is -3.09. The van der Waals surface area contributed by atoms with Crippen LogP contribution >= 0.6 is 11.6 Å². The third kappa shape index (κ3) is 3.28. The zero-order valence-corrected chi connectivity index (χ0v) is 17.8. The highest BCUT2D eigenvalue weighted by Crippen LogP contribution is 2.41. The molecule has 0 saturated heterocycles. The average molecular weight is 407 g/mol. The van der Waals surface area contributed by atoms with Crippen LogP contribution in [0.15, 0.2) is 91.0 Å². The highest BCUT2D eigenvalue weighted by atomic mass is 35.5. The van der Waals surface area contributed by atoms with E-state index in [0.717, 1.165) is 17.9 Å². The Morgan fingerprint density at radius 2 is 1.60 bits per heavy atom. The summed E-state index contributed by atoms with van der Waals surface area (Å²) >= 11 is 6.49. The van der Waals surface area contributed by atoms with E-state index in [9.17, 15) is 0 Å². The van der Waals surface area contributed by atoms with Crippen molar-refractivity contribution in [2.45, 2.75) is 19.8 Å². The van der Waals surface area contributed by atoms with Crippen molar-refractivity contribution in [2.24, 2.45) is 0 Å². The largest absolute Gasteiger partial charge is 0.0843 e. The van der Waals surface area contributed by atoms with Crippen LogP contribution in [0.5, 0.6) is 0 Å². The van der Waals surface area contributed by atoms with E-state index in [1.54, 1.807) is 0 Å². The summed E-state index contributed by atoms with van der Waals surface area (Å²) in [5.41, 5.74) is 8.88. The van der Waals surface area contributed by atoms with Gasteiger partial charge in [-0.25, -0.2) is 0 Å². The van der Waals surface area contributed by atoms with Crippen LogP contribution in [-0.2, 0) is 6.42 Å². The Kier molecular flexibility index (Phi) is 5.02. The zero-order chi connectivity index (χ0) is 20.5. The monoisotopic (exact) mass is 406 g/mol. The summed E-state index contributed by atoms with van der Waals surface area (Å²) in [6.07, 6.45) is 8.95. The molecule has 30 heavy (non-hydrogen) atoms. The molecule has 4 aromatic rings. The third-order valence-electron chi connectivity index (χ3n) is 5.97. The molecule has 4 aromatic carbocycles. The molecule has 0 atom stereocenters. The fourth-order valence-electron chi connectivity index (χ4n) is 4.59. The number of halogens is 1. The maximum atomic E-state index is 6.49. The summed E-state index contributed by atoms with van der Waals surface area (Å²) in [5, 5.41) is 3.37. The van der Waals surface area contributed by atoms with Crippen molar-refractivity contribution in [2.75, 3.05) is 0 Å². The van der Waals surface area contributed by atoms with Crippen LogP contribution in [0.3, 0.4) is 0 Å². The number of rotatable bonds is 3. The first-order valence-electron chi connectivity index (χ1n) is 10.5. The van der Waals surface area contributed by atoms with E-state index in [-0.39, 0.29) is 0 Å². The number of aryl methyl sites for hydroxylation is 1. The minimum absolute atomic E-state index is 0.759. The summed E-state index contributed by atoms with van der Waals surface area (Å²) in [5.74, 6) is 0. The van der Waals surface area contributed by atoms with Crippen LogP contribution in [0.1, 0.15) is 35.6 Å². The Balaban J connectivity index is 1.81. The fourth-order valence-corrected chi connectivity index (χ4v) is 4.76. The van der Waals surface area contributed by atoms with Crippen molar-refractivity contribution in [1.29, 1.82) is 0 Å². The van der Waals surface area contributed by atoms with Gasteiger partial charge in [-0.1, -0.05) is 90.5 Å². The van der Waals surface area contributed by atoms with Gasteiger partial charge >= 0.3 is 0 Å². The Labute approximate surface area is 183 Å². The highest BCUT2D eigenvalue weighted by Gasteiger charge is 2.17. The Morgan fingerprint density at radius 3 is 2.40 bits per heavy atom. The number of allylic oxidation sites excluding steroid dienone is 2. The summed E-state index contributed by atoms with van der Waals surface area (Å²) in [6.45, 7) is 2.10. The first kappa shape index (κ1) is 18.9. The minimum Gasteiger partial charge on any atom is -0.0843 e. The number of hydrogen-bond donors (Lipinski definition) is 0. The van der Waals surface area contributed by atoms with Gasteiger partial charge in [-0.05, 0) is 87.7 Å². The second kappa shape index (κ2) is 7.97. The molecule has 1 heteroatoms. The van der Waals surface area contributed by atoms with E-state index in [1.807, 2.05) is 6.07 Å². The summed E-state index contributed by atoms with van der Waals surface area (Å²) in [7, 11) is 0. The van der Waals surface area contributed by atoms with E-state index in [4.69, 9.17) is 11.6 Å². The summed E-state index contributed by atoms with van der Waals surface area (Å²) in [4.78, 5) is 0. The van der Waals surface area contributed by atoms with Gasteiger partial charge in [0.2, 0.25) is 0 Å². The van der Waals surface area contributed by atoms with Gasteiger partial charge < -0.3 is 0 Å². The molecule has 0 aromatic heterocycles. The molecule has 0 saturated carbocycles. The maximum Gasteiger partial charge on any atom is 0.0412 e. The molecule has 5 rings (SSSR count). The lowest BCUT2D eigenvalue weighted by atomic mass is 9.84. The van der Waals surface area contributed by atoms with Crippen molar-refractivity contribution >= 4 is 34.0 Å². The van der Waals surface area contributed by atoms with E-state index in [1.165, 1.54) is 49.7 Å². The first-order chi connectivity index (χ1) is 14.8. The van der Waals surface area contributed by atoms with E-state index < -0.39 is 0 Å². The summed E-state index contributed by atoms with van der Waals surface area (Å²) in [6, 6.07) is 28.0. The van der Waals surface area contributed by atoms with Crippen LogP contribution in [0.2, 0.25) is 5.02 Å². The molecule has 0 radical (unpaired) electrons. The standard InChI is InChI=1S/C29H23Cl/c1-2-23(20-10-4-3-5-11-20)29-19-22(30)16-17-27(29)28-18-21-12-6-7-13-24(21)25-14-8-9-15-26(25)28/h2-5,7-11,13-19H,6,12H2,1H3/b23-2+. The Morgan fingerprint density at radius 1 is 0.833 bits per heavy atom. The predicted octanol–water partition coefficient (Wildman–Crippen LogP) is 8.57. The molecule has 0 amide bonds. The zero-order valence-electron chi connectivity index (χ0n) is 17.0. The maximum absolute atomic E-state index is 6.49. The van der Waals surface area contributed by atoms with Crippen molar-refractivity contribution < 1.29 is 0 Å². The van der Waals surface area contributed by atoms with Gasteiger partial charge in [-0.3, -0.25) is 0 Å². The van der Waals surface area contributed by atoms with Gasteiger partial charge in [0.15, 0.2) is 0 Å². The molecule has 0 bridgehead atoms. The highest BCUT2D eigenvalue weighted by molar-refractivity contribution is 6.31. The van der Waals surface area contributed by atoms with Crippen molar-refractivity contribution in [1.82, 2.24) is 0 Å². The predicted molar refractivity (Wildman–Crippen MR) is 131 cm³/mol. The van der Waals surface area contributed by atoms with Crippen molar-refractivity contribution in [3.63, 3.8) is 0 Å². The van der Waals surface area contributed by atoms with Gasteiger partial charge in [0, 0.05) is 5.02 Å². The van der Waals surface area contributed by atoms with E-state index in [0.29, 0.717) is 0 Å². The molecule has 1 aliphatic rings. The normalized spacial score (nSPS) is 13.5. The molecule has 146 valence electrons. The van der Waals surface area contributed by atoms with E-state index in [2.05, 4.69) is 97.9 Å². The number of fused-ring (bicyclic) bond motifs is 3. The molecule has 0 N–H and O–H groups in total. The lowest BCUT2D eigenvalue weighted by Gasteiger charge is -2.20. The molecule has 1 aliphatic carbocycles. The van der Waals surface area contributed by atoms with Crippen LogP contribution in [0.25, 0.3) is 33.5 Å². The lowest BCUT2D eigenvalue weighted by molar-refractivity contribution is 0.990. The van der Waals surface area contributed by atoms with E-state index >= 15 is 0 Å². The molecule has 0 heterocycles. The van der Waals surface area contributed by atoms with Crippen LogP contribution in [-0.4, -0.2) is 0 Å². The lowest BCUT2D eigenvalue weighted by Crippen LogP contribution is -1.99. The molecule has 0 nitrogen and oxygen atoms in total. The number of benzene rings is 4.